The predicted octanol–water partition coefficient (Wildman–Crippen LogP) is 1.37. The summed E-state index contributed by atoms with van der Waals surface area (Å²) in [4.78, 5) is 34.9. The second-order valence-corrected chi connectivity index (χ2v) is 6.09. The van der Waals surface area contributed by atoms with Crippen molar-refractivity contribution in [1.29, 1.82) is 0 Å². The van der Waals surface area contributed by atoms with E-state index in [1.54, 1.807) is 24.3 Å². The third kappa shape index (κ3) is 4.34. The van der Waals surface area contributed by atoms with E-state index in [0.717, 1.165) is 12.8 Å². The number of carboxylic acid groups (broad SMARTS) is 1. The third-order valence-electron chi connectivity index (χ3n) is 4.23. The number of hydrogen-bond donors (Lipinski definition) is 3. The molecule has 0 aliphatic carbocycles. The molecule has 8 heteroatoms. The lowest BCUT2D eigenvalue weighted by Crippen LogP contribution is -2.30. The van der Waals surface area contributed by atoms with Crippen molar-refractivity contribution in [3.8, 4) is 0 Å². The number of ether oxygens (including phenoxy) is 2. The zero-order chi connectivity index (χ0) is 17.8. The molecule has 3 N–H and O–H groups in total. The number of nitrogens with one attached hydrogen (secondary N) is 2. The first-order chi connectivity index (χ1) is 12.0. The zero-order valence-electron chi connectivity index (χ0n) is 13.6. The molecular formula is C17H20N2O6. The van der Waals surface area contributed by atoms with E-state index >= 15 is 0 Å². The van der Waals surface area contributed by atoms with Crippen LogP contribution in [-0.2, 0) is 23.9 Å². The van der Waals surface area contributed by atoms with Gasteiger partial charge in [-0.2, -0.15) is 0 Å². The summed E-state index contributed by atoms with van der Waals surface area (Å²) >= 11 is 0. The summed E-state index contributed by atoms with van der Waals surface area (Å²) in [7, 11) is 0. The molecule has 2 saturated heterocycles. The summed E-state index contributed by atoms with van der Waals surface area (Å²) in [5, 5.41) is 14.3. The normalized spacial score (nSPS) is 25.5. The number of carboxylic acids is 1. The lowest BCUT2D eigenvalue weighted by Gasteiger charge is -2.13. The Balaban J connectivity index is 1.51. The number of rotatable bonds is 5. The van der Waals surface area contributed by atoms with Gasteiger partial charge in [-0.3, -0.25) is 9.59 Å². The van der Waals surface area contributed by atoms with Gasteiger partial charge < -0.3 is 25.2 Å². The van der Waals surface area contributed by atoms with E-state index in [1.165, 1.54) is 0 Å². The first-order valence-electron chi connectivity index (χ1n) is 8.24. The van der Waals surface area contributed by atoms with Crippen molar-refractivity contribution in [1.82, 2.24) is 0 Å². The van der Waals surface area contributed by atoms with Crippen LogP contribution >= 0.6 is 0 Å². The second kappa shape index (κ2) is 7.62. The highest BCUT2D eigenvalue weighted by Crippen LogP contribution is 2.22. The monoisotopic (exact) mass is 348 g/mol. The molecule has 2 aliphatic rings. The van der Waals surface area contributed by atoms with Gasteiger partial charge in [0.15, 0.2) is 6.10 Å². The third-order valence-corrected chi connectivity index (χ3v) is 4.23. The van der Waals surface area contributed by atoms with Gasteiger partial charge in [-0.1, -0.05) is 0 Å². The molecule has 1 aromatic carbocycles. The molecular weight excluding hydrogens is 328 g/mol. The average molecular weight is 348 g/mol. The van der Waals surface area contributed by atoms with E-state index in [1.807, 2.05) is 0 Å². The van der Waals surface area contributed by atoms with E-state index in [-0.39, 0.29) is 11.8 Å². The lowest BCUT2D eigenvalue weighted by molar-refractivity contribution is -0.150. The molecule has 0 aromatic heterocycles. The van der Waals surface area contributed by atoms with Crippen LogP contribution in [0, 0.1) is 0 Å². The van der Waals surface area contributed by atoms with Gasteiger partial charge in [-0.25, -0.2) is 4.79 Å². The van der Waals surface area contributed by atoms with Gasteiger partial charge in [0.25, 0.3) is 11.8 Å². The Bertz CT molecular complexity index is 654. The van der Waals surface area contributed by atoms with Gasteiger partial charge in [0.2, 0.25) is 0 Å². The van der Waals surface area contributed by atoms with E-state index < -0.39 is 24.3 Å². The number of anilines is 2. The maximum atomic E-state index is 12.1. The van der Waals surface area contributed by atoms with Gasteiger partial charge in [-0.15, -0.1) is 0 Å². The van der Waals surface area contributed by atoms with E-state index in [0.29, 0.717) is 30.8 Å². The van der Waals surface area contributed by atoms with Gasteiger partial charge in [0.1, 0.15) is 12.2 Å². The maximum absolute atomic E-state index is 12.1. The number of aliphatic carboxylic acids is 1. The lowest BCUT2D eigenvalue weighted by atomic mass is 10.2. The summed E-state index contributed by atoms with van der Waals surface area (Å²) in [5.74, 6) is -1.60. The Hall–Kier alpha value is -2.45. The fourth-order valence-electron chi connectivity index (χ4n) is 2.88. The van der Waals surface area contributed by atoms with E-state index in [4.69, 9.17) is 14.6 Å². The van der Waals surface area contributed by atoms with Crippen LogP contribution in [0.5, 0.6) is 0 Å². The van der Waals surface area contributed by atoms with Gasteiger partial charge in [0.05, 0.1) is 0 Å². The van der Waals surface area contributed by atoms with Crippen molar-refractivity contribution in [2.24, 2.45) is 0 Å². The summed E-state index contributed by atoms with van der Waals surface area (Å²) in [6, 6.07) is 6.68. The topological polar surface area (TPSA) is 114 Å². The van der Waals surface area contributed by atoms with Crippen molar-refractivity contribution in [3.63, 3.8) is 0 Å². The van der Waals surface area contributed by atoms with Crippen LogP contribution in [0.25, 0.3) is 0 Å². The first-order valence-corrected chi connectivity index (χ1v) is 8.24. The Labute approximate surface area is 144 Å². The van der Waals surface area contributed by atoms with Crippen molar-refractivity contribution in [2.45, 2.75) is 44.0 Å². The first kappa shape index (κ1) is 17.4. The minimum absolute atomic E-state index is 0.173. The van der Waals surface area contributed by atoms with Crippen LogP contribution < -0.4 is 10.6 Å². The van der Waals surface area contributed by atoms with Crippen LogP contribution in [0.3, 0.4) is 0 Å². The molecule has 2 heterocycles. The number of carbonyl (C=O) groups is 3. The molecule has 2 fully saturated rings. The van der Waals surface area contributed by atoms with Crippen molar-refractivity contribution >= 4 is 29.2 Å². The Kier molecular flexibility index (Phi) is 5.30. The summed E-state index contributed by atoms with van der Waals surface area (Å²) in [6.45, 7) is 0.606. The molecule has 0 spiro atoms. The molecule has 8 nitrogen and oxygen atoms in total. The molecule has 1 unspecified atom stereocenters. The molecule has 1 aromatic rings. The van der Waals surface area contributed by atoms with Crippen LogP contribution in [0.15, 0.2) is 24.3 Å². The largest absolute Gasteiger partial charge is 0.479 e. The highest BCUT2D eigenvalue weighted by Gasteiger charge is 2.34. The Morgan fingerprint density at radius 3 is 1.92 bits per heavy atom. The van der Waals surface area contributed by atoms with Crippen molar-refractivity contribution in [2.75, 3.05) is 17.2 Å². The Morgan fingerprint density at radius 2 is 1.44 bits per heavy atom. The van der Waals surface area contributed by atoms with E-state index in [2.05, 4.69) is 10.6 Å². The molecule has 134 valence electrons. The summed E-state index contributed by atoms with van der Waals surface area (Å²) < 4.78 is 10.5. The number of carbonyl (C=O) groups excluding carboxylic acids is 2. The number of hydrogen-bond acceptors (Lipinski definition) is 5. The van der Waals surface area contributed by atoms with Crippen LogP contribution in [0.2, 0.25) is 0 Å². The van der Waals surface area contributed by atoms with Crippen LogP contribution in [0.4, 0.5) is 11.4 Å². The number of amides is 2. The fraction of sp³-hybridized carbons (Fsp3) is 0.471. The van der Waals surface area contributed by atoms with Crippen LogP contribution in [-0.4, -0.2) is 47.8 Å². The van der Waals surface area contributed by atoms with Crippen LogP contribution in [0.1, 0.15) is 25.7 Å². The molecule has 25 heavy (non-hydrogen) atoms. The van der Waals surface area contributed by atoms with Gasteiger partial charge >= 0.3 is 5.97 Å². The molecule has 0 bridgehead atoms. The molecule has 2 aliphatic heterocycles. The molecule has 2 amide bonds. The molecule has 3 rings (SSSR count). The SMILES string of the molecule is O=C(Nc1ccc(NC(=O)[C@@H]2CC[C@H](C(=O)O)O2)cc1)C1CCCO1. The summed E-state index contributed by atoms with van der Waals surface area (Å²) in [6.07, 6.45) is 0.209. The number of benzene rings is 1. The van der Waals surface area contributed by atoms with Gasteiger partial charge in [0, 0.05) is 18.0 Å². The zero-order valence-corrected chi connectivity index (χ0v) is 13.6. The smallest absolute Gasteiger partial charge is 0.332 e. The van der Waals surface area contributed by atoms with Crippen molar-refractivity contribution < 1.29 is 29.0 Å². The molecule has 3 atom stereocenters. The average Bonchev–Trinajstić information content (AvgIpc) is 3.28. The Morgan fingerprint density at radius 1 is 0.880 bits per heavy atom. The molecule has 0 saturated carbocycles. The highest BCUT2D eigenvalue weighted by molar-refractivity contribution is 5.96. The molecule has 0 radical (unpaired) electrons. The highest BCUT2D eigenvalue weighted by atomic mass is 16.5. The summed E-state index contributed by atoms with van der Waals surface area (Å²) in [5.41, 5.74) is 1.16. The fourth-order valence-corrected chi connectivity index (χ4v) is 2.88. The second-order valence-electron chi connectivity index (χ2n) is 6.09. The van der Waals surface area contributed by atoms with Crippen molar-refractivity contribution in [3.05, 3.63) is 24.3 Å². The minimum atomic E-state index is -1.05. The predicted molar refractivity (Wildman–Crippen MR) is 88.2 cm³/mol. The van der Waals surface area contributed by atoms with Gasteiger partial charge in [-0.05, 0) is 49.9 Å². The quantitative estimate of drug-likeness (QED) is 0.741. The minimum Gasteiger partial charge on any atom is -0.479 e. The standard InChI is InChI=1S/C17H20N2O6/c20-15(12-2-1-9-24-12)18-10-3-5-11(6-4-10)19-16(21)13-7-8-14(25-13)17(22)23/h3-6,12-14H,1-2,7-9H2,(H,18,20)(H,19,21)(H,22,23)/t12?,13-,14+/m0/s1. The van der Waals surface area contributed by atoms with E-state index in [9.17, 15) is 14.4 Å². The maximum Gasteiger partial charge on any atom is 0.332 e.